The minimum Gasteiger partial charge on any atom is -0.462 e. The molecule has 14 heteroatoms. The Bertz CT molecular complexity index is 1840. The van der Waals surface area contributed by atoms with Gasteiger partial charge in [-0.3, -0.25) is 14.6 Å². The van der Waals surface area contributed by atoms with Gasteiger partial charge in [0.05, 0.1) is 23.0 Å². The van der Waals surface area contributed by atoms with Crippen LogP contribution in [0.2, 0.25) is 5.02 Å². The number of nitrogens with one attached hydrogen (secondary N) is 1. The zero-order chi connectivity index (χ0) is 33.5. The van der Waals surface area contributed by atoms with Crippen LogP contribution >= 0.6 is 11.6 Å². The normalized spacial score (nSPS) is 12.8. The van der Waals surface area contributed by atoms with Gasteiger partial charge in [0.2, 0.25) is 5.91 Å². The Morgan fingerprint density at radius 3 is 2.50 bits per heavy atom. The molecular weight excluding hydrogens is 623 g/mol. The number of amides is 2. The van der Waals surface area contributed by atoms with E-state index < -0.39 is 23.4 Å². The molecule has 2 amide bonds. The van der Waals surface area contributed by atoms with Gasteiger partial charge in [-0.1, -0.05) is 56.3 Å². The number of carbonyl (C=O) groups excluding carboxylic acids is 2. The third-order valence-electron chi connectivity index (χ3n) is 7.09. The summed E-state index contributed by atoms with van der Waals surface area (Å²) in [7, 11) is 0. The maximum absolute atomic E-state index is 16.4. The second-order valence-corrected chi connectivity index (χ2v) is 10.9. The van der Waals surface area contributed by atoms with E-state index in [9.17, 15) is 18.4 Å². The molecule has 0 unspecified atom stereocenters. The van der Waals surface area contributed by atoms with Crippen LogP contribution in [-0.2, 0) is 9.59 Å². The van der Waals surface area contributed by atoms with E-state index in [1.165, 1.54) is 24.1 Å². The average molecular weight is 654 g/mol. The van der Waals surface area contributed by atoms with Gasteiger partial charge in [-0.25, -0.2) is 13.2 Å². The Balaban J connectivity index is 0.00000154. The Hall–Kier alpha value is -4.96. The van der Waals surface area contributed by atoms with Crippen LogP contribution in [0.4, 0.5) is 19.0 Å². The predicted octanol–water partition coefficient (Wildman–Crippen LogP) is 5.59. The van der Waals surface area contributed by atoms with Crippen molar-refractivity contribution in [3.8, 4) is 23.3 Å². The minimum absolute atomic E-state index is 0.0159. The van der Waals surface area contributed by atoms with Gasteiger partial charge in [0.15, 0.2) is 11.6 Å². The number of aromatic nitrogens is 3. The second kappa shape index (κ2) is 14.9. The number of hydrogen-bond donors (Lipinski definition) is 1. The summed E-state index contributed by atoms with van der Waals surface area (Å²) in [5.74, 6) is -3.34. The van der Waals surface area contributed by atoms with Crippen molar-refractivity contribution in [1.82, 2.24) is 25.2 Å². The molecule has 2 aromatic heterocycles. The number of nitriles is 1. The zero-order valence-electron chi connectivity index (χ0n) is 25.4. The number of benzene rings is 2. The van der Waals surface area contributed by atoms with Crippen molar-refractivity contribution >= 4 is 50.9 Å². The number of fused-ring (bicyclic) bond motifs is 2. The molecule has 1 fully saturated rings. The average Bonchev–Trinajstić information content (AvgIpc) is 3.04. The standard InChI is InChI=1S/C30H28ClF3N6O3.C2H3N/c1-16(2)28(41)35-9-14-43-30-37-26-20(27(38-30)39-10-12-40(13-11-39)29(42)17(3)32)15-36-25(24(26)34)19-6-4-5-18-7-8-21(33)23(31)22(18)19;1-2-3/h4-8,15-16H,3,9-14H2,1-2H3,(H,35,41);1H3. The SMILES string of the molecule is C=C(F)C(=O)N1CCN(c2nc(OCCNC(=O)C(C)C)nc3c(F)c(-c4cccc5ccc(F)c(Cl)c45)ncc23)CC1.CC#N. The Labute approximate surface area is 268 Å². The van der Waals surface area contributed by atoms with Crippen LogP contribution in [0.25, 0.3) is 32.9 Å². The minimum atomic E-state index is -1.05. The maximum atomic E-state index is 16.4. The summed E-state index contributed by atoms with van der Waals surface area (Å²) in [6.07, 6.45) is 1.42. The van der Waals surface area contributed by atoms with Gasteiger partial charge >= 0.3 is 6.01 Å². The first-order valence-corrected chi connectivity index (χ1v) is 14.7. The molecule has 46 heavy (non-hydrogen) atoms. The van der Waals surface area contributed by atoms with E-state index in [4.69, 9.17) is 21.6 Å². The number of nitrogens with zero attached hydrogens (tertiary/aromatic N) is 6. The number of piperazine rings is 1. The molecule has 5 rings (SSSR count). The largest absolute Gasteiger partial charge is 0.462 e. The van der Waals surface area contributed by atoms with Gasteiger partial charge in [-0.2, -0.15) is 15.2 Å². The fourth-order valence-electron chi connectivity index (χ4n) is 4.84. The molecule has 1 aliphatic rings. The van der Waals surface area contributed by atoms with E-state index >= 15 is 4.39 Å². The molecule has 10 nitrogen and oxygen atoms in total. The Morgan fingerprint density at radius 2 is 1.85 bits per heavy atom. The molecule has 4 aromatic rings. The molecule has 3 heterocycles. The van der Waals surface area contributed by atoms with Crippen molar-refractivity contribution in [3.63, 3.8) is 0 Å². The van der Waals surface area contributed by atoms with Crippen LogP contribution in [-0.4, -0.2) is 71.0 Å². The van der Waals surface area contributed by atoms with E-state index in [2.05, 4.69) is 26.8 Å². The second-order valence-electron chi connectivity index (χ2n) is 10.5. The smallest absolute Gasteiger partial charge is 0.319 e. The highest BCUT2D eigenvalue weighted by Gasteiger charge is 2.27. The molecule has 0 atom stereocenters. The molecule has 1 aliphatic heterocycles. The van der Waals surface area contributed by atoms with E-state index in [0.29, 0.717) is 16.6 Å². The van der Waals surface area contributed by atoms with Crippen LogP contribution in [0.1, 0.15) is 20.8 Å². The van der Waals surface area contributed by atoms with Crippen molar-refractivity contribution in [1.29, 1.82) is 5.26 Å². The first-order chi connectivity index (χ1) is 22.0. The van der Waals surface area contributed by atoms with E-state index in [0.717, 1.165) is 0 Å². The van der Waals surface area contributed by atoms with Gasteiger partial charge in [-0.15, -0.1) is 0 Å². The first kappa shape index (κ1) is 33.9. The highest BCUT2D eigenvalue weighted by molar-refractivity contribution is 6.36. The number of hydrogen-bond acceptors (Lipinski definition) is 8. The number of pyridine rings is 1. The molecule has 240 valence electrons. The third kappa shape index (κ3) is 7.29. The molecule has 1 saturated heterocycles. The van der Waals surface area contributed by atoms with Crippen molar-refractivity contribution in [2.45, 2.75) is 20.8 Å². The van der Waals surface area contributed by atoms with Gasteiger partial charge in [-0.05, 0) is 11.5 Å². The number of anilines is 1. The molecule has 0 aliphatic carbocycles. The highest BCUT2D eigenvalue weighted by Crippen LogP contribution is 2.38. The summed E-state index contributed by atoms with van der Waals surface area (Å²) in [4.78, 5) is 40.3. The van der Waals surface area contributed by atoms with Crippen molar-refractivity contribution in [3.05, 3.63) is 65.6 Å². The summed E-state index contributed by atoms with van der Waals surface area (Å²) in [6, 6.07) is 9.41. The summed E-state index contributed by atoms with van der Waals surface area (Å²) in [6.45, 7) is 9.10. The molecule has 0 bridgehead atoms. The lowest BCUT2D eigenvalue weighted by Gasteiger charge is -2.35. The van der Waals surface area contributed by atoms with Crippen LogP contribution in [0.5, 0.6) is 6.01 Å². The fraction of sp³-hybridized carbons (Fsp3) is 0.312. The van der Waals surface area contributed by atoms with Gasteiger partial charge < -0.3 is 19.9 Å². The quantitative estimate of drug-likeness (QED) is 0.193. The lowest BCUT2D eigenvalue weighted by Crippen LogP contribution is -2.49. The molecule has 1 N–H and O–H groups in total. The van der Waals surface area contributed by atoms with Crippen molar-refractivity contribution < 1.29 is 27.5 Å². The van der Waals surface area contributed by atoms with Gasteiger partial charge in [0.25, 0.3) is 5.91 Å². The van der Waals surface area contributed by atoms with Crippen molar-refractivity contribution in [2.75, 3.05) is 44.2 Å². The maximum Gasteiger partial charge on any atom is 0.319 e. The van der Waals surface area contributed by atoms with E-state index in [-0.39, 0.29) is 84.3 Å². The van der Waals surface area contributed by atoms with Crippen LogP contribution < -0.4 is 15.0 Å². The van der Waals surface area contributed by atoms with Crippen LogP contribution in [0, 0.1) is 28.9 Å². The van der Waals surface area contributed by atoms with Crippen LogP contribution in [0.15, 0.2) is 48.9 Å². The van der Waals surface area contributed by atoms with Crippen molar-refractivity contribution in [2.24, 2.45) is 5.92 Å². The number of rotatable bonds is 8. The number of ether oxygens (including phenoxy) is 1. The van der Waals surface area contributed by atoms with Gasteiger partial charge in [0, 0.05) is 56.2 Å². The summed E-state index contributed by atoms with van der Waals surface area (Å²) in [5, 5.41) is 11.1. The lowest BCUT2D eigenvalue weighted by molar-refractivity contribution is -0.129. The third-order valence-corrected chi connectivity index (χ3v) is 7.46. The fourth-order valence-corrected chi connectivity index (χ4v) is 5.11. The monoisotopic (exact) mass is 653 g/mol. The first-order valence-electron chi connectivity index (χ1n) is 14.3. The lowest BCUT2D eigenvalue weighted by atomic mass is 10.0. The Morgan fingerprint density at radius 1 is 1.15 bits per heavy atom. The molecule has 2 aromatic carbocycles. The summed E-state index contributed by atoms with van der Waals surface area (Å²) < 4.78 is 49.9. The Kier molecular flexibility index (Phi) is 11.0. The predicted molar refractivity (Wildman–Crippen MR) is 169 cm³/mol. The number of carbonyl (C=O) groups is 2. The summed E-state index contributed by atoms with van der Waals surface area (Å²) in [5.41, 5.74) is 0.0812. The van der Waals surface area contributed by atoms with E-state index in [1.807, 2.05) is 0 Å². The zero-order valence-corrected chi connectivity index (χ0v) is 26.2. The molecular formula is C32H31ClF3N7O3. The van der Waals surface area contributed by atoms with Crippen LogP contribution in [0.3, 0.4) is 0 Å². The molecule has 0 radical (unpaired) electrons. The number of halogens is 4. The van der Waals surface area contributed by atoms with E-state index in [1.54, 1.807) is 49.1 Å². The molecule has 0 spiro atoms. The van der Waals surface area contributed by atoms with Gasteiger partial charge in [0.1, 0.15) is 29.5 Å². The highest BCUT2D eigenvalue weighted by atomic mass is 35.5. The molecule has 0 saturated carbocycles. The topological polar surface area (TPSA) is 124 Å². The summed E-state index contributed by atoms with van der Waals surface area (Å²) >= 11 is 6.31.